The topological polar surface area (TPSA) is 91.0 Å². The lowest BCUT2D eigenvalue weighted by atomic mass is 10.1. The SMILES string of the molecule is COc1ccnc(-c2ccc(CN3C(=O)CCn4nc(-c5c(Cl)cnn5C(C)C)cc43)cc2Cl)n1. The number of carbonyl (C=O) groups excluding carboxylic acids is 1. The highest BCUT2D eigenvalue weighted by Crippen LogP contribution is 2.34. The lowest BCUT2D eigenvalue weighted by Crippen LogP contribution is -2.36. The maximum Gasteiger partial charge on any atom is 0.230 e. The van der Waals surface area contributed by atoms with Gasteiger partial charge in [0.25, 0.3) is 0 Å². The van der Waals surface area contributed by atoms with E-state index >= 15 is 0 Å². The van der Waals surface area contributed by atoms with Crippen molar-refractivity contribution < 1.29 is 9.53 Å². The number of carbonyl (C=O) groups is 1. The van der Waals surface area contributed by atoms with Crippen molar-refractivity contribution in [3.05, 3.63) is 58.3 Å². The Labute approximate surface area is 212 Å². The average molecular weight is 512 g/mol. The number of aryl methyl sites for hydroxylation is 1. The number of rotatable bonds is 6. The van der Waals surface area contributed by atoms with Gasteiger partial charge in [-0.05, 0) is 31.5 Å². The van der Waals surface area contributed by atoms with Gasteiger partial charge in [-0.15, -0.1) is 0 Å². The van der Waals surface area contributed by atoms with E-state index in [1.165, 1.54) is 0 Å². The van der Waals surface area contributed by atoms with Crippen molar-refractivity contribution in [2.45, 2.75) is 39.4 Å². The van der Waals surface area contributed by atoms with E-state index in [2.05, 4.69) is 15.1 Å². The van der Waals surface area contributed by atoms with E-state index in [9.17, 15) is 4.79 Å². The third-order valence-electron chi connectivity index (χ3n) is 5.81. The van der Waals surface area contributed by atoms with Gasteiger partial charge in [-0.25, -0.2) is 9.67 Å². The van der Waals surface area contributed by atoms with Gasteiger partial charge >= 0.3 is 0 Å². The van der Waals surface area contributed by atoms with Crippen LogP contribution < -0.4 is 9.64 Å². The van der Waals surface area contributed by atoms with Gasteiger partial charge in [0.2, 0.25) is 11.8 Å². The number of hydrogen-bond acceptors (Lipinski definition) is 6. The third-order valence-corrected chi connectivity index (χ3v) is 6.40. The first kappa shape index (κ1) is 23.3. The molecule has 4 heterocycles. The van der Waals surface area contributed by atoms with Crippen molar-refractivity contribution in [2.24, 2.45) is 0 Å². The van der Waals surface area contributed by atoms with Crippen LogP contribution in [0.25, 0.3) is 22.8 Å². The molecule has 0 saturated carbocycles. The van der Waals surface area contributed by atoms with Gasteiger partial charge in [-0.2, -0.15) is 15.2 Å². The fourth-order valence-electron chi connectivity index (χ4n) is 4.12. The number of fused-ring (bicyclic) bond motifs is 1. The number of nitrogens with zero attached hydrogens (tertiary/aromatic N) is 7. The van der Waals surface area contributed by atoms with Crippen LogP contribution in [0.2, 0.25) is 10.0 Å². The van der Waals surface area contributed by atoms with E-state index in [0.29, 0.717) is 58.3 Å². The Kier molecular flexibility index (Phi) is 6.21. The molecule has 180 valence electrons. The zero-order valence-corrected chi connectivity index (χ0v) is 21.0. The number of ether oxygens (including phenoxy) is 1. The molecular formula is C24H23Cl2N7O2. The lowest BCUT2D eigenvalue weighted by Gasteiger charge is -2.27. The molecule has 0 saturated heterocycles. The van der Waals surface area contributed by atoms with E-state index < -0.39 is 0 Å². The molecule has 0 radical (unpaired) electrons. The van der Waals surface area contributed by atoms with Gasteiger partial charge in [-0.1, -0.05) is 29.3 Å². The van der Waals surface area contributed by atoms with Gasteiger partial charge in [0.15, 0.2) is 5.82 Å². The van der Waals surface area contributed by atoms with Crippen molar-refractivity contribution in [1.29, 1.82) is 0 Å². The Balaban J connectivity index is 1.46. The first-order valence-corrected chi connectivity index (χ1v) is 11.9. The minimum Gasteiger partial charge on any atom is -0.481 e. The molecular weight excluding hydrogens is 489 g/mol. The molecule has 4 aromatic rings. The molecule has 0 bridgehead atoms. The number of anilines is 1. The summed E-state index contributed by atoms with van der Waals surface area (Å²) < 4.78 is 8.86. The molecule has 0 fully saturated rings. The monoisotopic (exact) mass is 511 g/mol. The number of halogens is 2. The summed E-state index contributed by atoms with van der Waals surface area (Å²) in [6.45, 7) is 4.91. The maximum absolute atomic E-state index is 12.9. The van der Waals surface area contributed by atoms with Crippen LogP contribution in [0.4, 0.5) is 5.82 Å². The van der Waals surface area contributed by atoms with Gasteiger partial charge in [-0.3, -0.25) is 14.4 Å². The number of methoxy groups -OCH3 is 1. The molecule has 3 aromatic heterocycles. The van der Waals surface area contributed by atoms with Crippen molar-refractivity contribution in [3.8, 4) is 28.7 Å². The molecule has 1 aliphatic heterocycles. The molecule has 35 heavy (non-hydrogen) atoms. The van der Waals surface area contributed by atoms with Gasteiger partial charge in [0.05, 0.1) is 36.4 Å². The summed E-state index contributed by atoms with van der Waals surface area (Å²) in [5, 5.41) is 10.1. The summed E-state index contributed by atoms with van der Waals surface area (Å²) >= 11 is 13.0. The molecule has 0 spiro atoms. The number of benzene rings is 1. The average Bonchev–Trinajstić information content (AvgIpc) is 3.44. The second-order valence-corrected chi connectivity index (χ2v) is 9.27. The van der Waals surface area contributed by atoms with Crippen LogP contribution in [0.1, 0.15) is 31.9 Å². The first-order chi connectivity index (χ1) is 16.9. The molecule has 5 rings (SSSR count). The van der Waals surface area contributed by atoms with Crippen molar-refractivity contribution in [2.75, 3.05) is 12.0 Å². The van der Waals surface area contributed by atoms with E-state index in [0.717, 1.165) is 11.3 Å². The molecule has 9 nitrogen and oxygen atoms in total. The maximum atomic E-state index is 12.9. The van der Waals surface area contributed by atoms with Crippen LogP contribution in [0.15, 0.2) is 42.7 Å². The fourth-order valence-corrected chi connectivity index (χ4v) is 4.63. The highest BCUT2D eigenvalue weighted by Gasteiger charge is 2.28. The zero-order valence-electron chi connectivity index (χ0n) is 19.4. The molecule has 1 aromatic carbocycles. The van der Waals surface area contributed by atoms with Crippen LogP contribution in [-0.4, -0.2) is 42.5 Å². The highest BCUT2D eigenvalue weighted by atomic mass is 35.5. The quantitative estimate of drug-likeness (QED) is 0.360. The summed E-state index contributed by atoms with van der Waals surface area (Å²) in [5.74, 6) is 1.65. The molecule has 1 amide bonds. The van der Waals surface area contributed by atoms with Gasteiger partial charge < -0.3 is 4.74 Å². The predicted molar refractivity (Wildman–Crippen MR) is 134 cm³/mol. The minimum atomic E-state index is 0.0174. The first-order valence-electron chi connectivity index (χ1n) is 11.1. The number of hydrogen-bond donors (Lipinski definition) is 0. The second kappa shape index (κ2) is 9.31. The lowest BCUT2D eigenvalue weighted by molar-refractivity contribution is -0.119. The Morgan fingerprint density at radius 3 is 2.71 bits per heavy atom. The minimum absolute atomic E-state index is 0.0174. The second-order valence-electron chi connectivity index (χ2n) is 8.46. The van der Waals surface area contributed by atoms with Crippen LogP contribution in [0.3, 0.4) is 0 Å². The summed E-state index contributed by atoms with van der Waals surface area (Å²) in [4.78, 5) is 23.3. The molecule has 1 aliphatic rings. The Hall–Kier alpha value is -3.43. The normalized spacial score (nSPS) is 13.4. The summed E-state index contributed by atoms with van der Waals surface area (Å²) in [6.07, 6.45) is 3.59. The number of aromatic nitrogens is 6. The largest absolute Gasteiger partial charge is 0.481 e. The zero-order chi connectivity index (χ0) is 24.7. The van der Waals surface area contributed by atoms with Crippen LogP contribution >= 0.6 is 23.2 Å². The van der Waals surface area contributed by atoms with Crippen LogP contribution in [0.5, 0.6) is 5.88 Å². The Bertz CT molecular complexity index is 1410. The third kappa shape index (κ3) is 4.37. The molecule has 0 N–H and O–H groups in total. The molecule has 11 heteroatoms. The number of amides is 1. The summed E-state index contributed by atoms with van der Waals surface area (Å²) in [5.41, 5.74) is 2.97. The Morgan fingerprint density at radius 1 is 1.14 bits per heavy atom. The molecule has 0 atom stereocenters. The molecule has 0 aliphatic carbocycles. The van der Waals surface area contributed by atoms with Gasteiger partial charge in [0, 0.05) is 36.4 Å². The van der Waals surface area contributed by atoms with Crippen LogP contribution in [-0.2, 0) is 17.9 Å². The van der Waals surface area contributed by atoms with E-state index in [-0.39, 0.29) is 11.9 Å². The smallest absolute Gasteiger partial charge is 0.230 e. The van der Waals surface area contributed by atoms with Crippen LogP contribution in [0, 0.1) is 0 Å². The highest BCUT2D eigenvalue weighted by molar-refractivity contribution is 6.33. The van der Waals surface area contributed by atoms with Gasteiger partial charge in [0.1, 0.15) is 17.2 Å². The standard InChI is InChI=1S/C24H23Cl2N7O2/c1-14(2)33-23(18(26)12-28-33)19-11-21-31(22(34)7-9-32(21)30-19)13-15-4-5-16(17(25)10-15)24-27-8-6-20(29-24)35-3/h4-6,8,10-12,14H,7,9,13H2,1-3H3. The van der Waals surface area contributed by atoms with E-state index in [4.69, 9.17) is 33.0 Å². The Morgan fingerprint density at radius 2 is 1.97 bits per heavy atom. The molecule has 0 unspecified atom stereocenters. The van der Waals surface area contributed by atoms with E-state index in [1.807, 2.05) is 47.5 Å². The summed E-state index contributed by atoms with van der Waals surface area (Å²) in [6, 6.07) is 9.27. The predicted octanol–water partition coefficient (Wildman–Crippen LogP) is 5.04. The van der Waals surface area contributed by atoms with Crippen molar-refractivity contribution >= 4 is 34.9 Å². The fraction of sp³-hybridized carbons (Fsp3) is 0.292. The van der Waals surface area contributed by atoms with E-state index in [1.54, 1.807) is 30.5 Å². The summed E-state index contributed by atoms with van der Waals surface area (Å²) in [7, 11) is 1.55. The van der Waals surface area contributed by atoms with Crippen molar-refractivity contribution in [1.82, 2.24) is 29.5 Å². The van der Waals surface area contributed by atoms with Crippen molar-refractivity contribution in [3.63, 3.8) is 0 Å².